The van der Waals surface area contributed by atoms with Crippen molar-refractivity contribution in [3.05, 3.63) is 23.8 Å². The maximum Gasteiger partial charge on any atom is 0.342 e. The minimum atomic E-state index is -0.608. The summed E-state index contributed by atoms with van der Waals surface area (Å²) in [6.07, 6.45) is 2.31. The van der Waals surface area contributed by atoms with Crippen LogP contribution in [0.15, 0.2) is 18.2 Å². The van der Waals surface area contributed by atoms with Crippen molar-refractivity contribution in [2.75, 3.05) is 26.0 Å². The van der Waals surface area contributed by atoms with Gasteiger partial charge in [0.25, 0.3) is 5.91 Å². The zero-order valence-electron chi connectivity index (χ0n) is 11.3. The fourth-order valence-corrected chi connectivity index (χ4v) is 1.72. The topological polar surface area (TPSA) is 90.7 Å². The lowest BCUT2D eigenvalue weighted by Crippen LogP contribution is -2.30. The van der Waals surface area contributed by atoms with Crippen molar-refractivity contribution < 1.29 is 19.1 Å². The van der Waals surface area contributed by atoms with Gasteiger partial charge in [-0.15, -0.1) is 0 Å². The largest absolute Gasteiger partial charge is 0.496 e. The molecule has 0 unspecified atom stereocenters. The number of carbonyl (C=O) groups is 2. The number of rotatable bonds is 6. The number of nitrogen functional groups attached to an aromatic ring is 1. The molecular weight excluding hydrogens is 260 g/mol. The summed E-state index contributed by atoms with van der Waals surface area (Å²) in [7, 11) is 1.44. The van der Waals surface area contributed by atoms with Gasteiger partial charge in [0.15, 0.2) is 6.61 Å². The predicted molar refractivity (Wildman–Crippen MR) is 73.4 cm³/mol. The molecule has 0 heterocycles. The van der Waals surface area contributed by atoms with Crippen LogP contribution in [-0.4, -0.2) is 32.1 Å². The number of amides is 1. The van der Waals surface area contributed by atoms with Gasteiger partial charge in [-0.2, -0.15) is 0 Å². The van der Waals surface area contributed by atoms with E-state index in [1.807, 2.05) is 0 Å². The number of carbonyl (C=O) groups excluding carboxylic acids is 2. The summed E-state index contributed by atoms with van der Waals surface area (Å²) in [6.45, 7) is 0.362. The molecule has 0 radical (unpaired) electrons. The molecule has 108 valence electrons. The average Bonchev–Trinajstić information content (AvgIpc) is 3.26. The molecule has 6 nitrogen and oxygen atoms in total. The van der Waals surface area contributed by atoms with Gasteiger partial charge in [-0.1, -0.05) is 0 Å². The van der Waals surface area contributed by atoms with E-state index in [4.69, 9.17) is 15.2 Å². The minimum Gasteiger partial charge on any atom is -0.496 e. The molecule has 1 aliphatic carbocycles. The summed E-state index contributed by atoms with van der Waals surface area (Å²) >= 11 is 0. The van der Waals surface area contributed by atoms with Crippen LogP contribution in [0, 0.1) is 5.92 Å². The van der Waals surface area contributed by atoms with Crippen molar-refractivity contribution >= 4 is 17.6 Å². The van der Waals surface area contributed by atoms with Crippen molar-refractivity contribution in [1.82, 2.24) is 5.32 Å². The Morgan fingerprint density at radius 1 is 1.40 bits per heavy atom. The summed E-state index contributed by atoms with van der Waals surface area (Å²) in [6, 6.07) is 4.62. The lowest BCUT2D eigenvalue weighted by Gasteiger charge is -2.09. The third kappa shape index (κ3) is 3.88. The number of nitrogens with one attached hydrogen (secondary N) is 1. The summed E-state index contributed by atoms with van der Waals surface area (Å²) in [5, 5.41) is 2.72. The highest BCUT2D eigenvalue weighted by Crippen LogP contribution is 2.27. The summed E-state index contributed by atoms with van der Waals surface area (Å²) in [5.74, 6) is 0.0170. The smallest absolute Gasteiger partial charge is 0.342 e. The van der Waals surface area contributed by atoms with Crippen LogP contribution in [0.2, 0.25) is 0 Å². The van der Waals surface area contributed by atoms with E-state index in [0.29, 0.717) is 23.9 Å². The van der Waals surface area contributed by atoms with E-state index in [1.165, 1.54) is 19.2 Å². The van der Waals surface area contributed by atoms with Crippen molar-refractivity contribution in [2.24, 2.45) is 5.92 Å². The number of anilines is 1. The number of benzene rings is 1. The van der Waals surface area contributed by atoms with Gasteiger partial charge in [0.1, 0.15) is 11.3 Å². The van der Waals surface area contributed by atoms with E-state index in [2.05, 4.69) is 5.32 Å². The Morgan fingerprint density at radius 2 is 2.15 bits per heavy atom. The van der Waals surface area contributed by atoms with Gasteiger partial charge in [-0.05, 0) is 30.9 Å². The number of nitrogens with two attached hydrogens (primary N) is 1. The normalized spacial score (nSPS) is 13.7. The van der Waals surface area contributed by atoms with Crippen LogP contribution in [0.3, 0.4) is 0 Å². The first-order chi connectivity index (χ1) is 9.60. The van der Waals surface area contributed by atoms with E-state index in [1.54, 1.807) is 6.07 Å². The molecule has 0 saturated heterocycles. The first-order valence-corrected chi connectivity index (χ1v) is 6.47. The molecule has 2 rings (SSSR count). The number of ether oxygens (including phenoxy) is 2. The molecule has 3 N–H and O–H groups in total. The molecule has 20 heavy (non-hydrogen) atoms. The van der Waals surface area contributed by atoms with Gasteiger partial charge in [-0.3, -0.25) is 4.79 Å². The Morgan fingerprint density at radius 3 is 2.80 bits per heavy atom. The van der Waals surface area contributed by atoms with Crippen LogP contribution in [-0.2, 0) is 9.53 Å². The maximum atomic E-state index is 11.9. The van der Waals surface area contributed by atoms with Crippen molar-refractivity contribution in [3.63, 3.8) is 0 Å². The predicted octanol–water partition coefficient (Wildman–Crippen LogP) is 0.960. The summed E-state index contributed by atoms with van der Waals surface area (Å²) < 4.78 is 10.0. The molecule has 0 aromatic heterocycles. The fourth-order valence-electron chi connectivity index (χ4n) is 1.72. The molecule has 1 aromatic carbocycles. The number of hydrogen-bond donors (Lipinski definition) is 2. The molecule has 0 aliphatic heterocycles. The van der Waals surface area contributed by atoms with Crippen LogP contribution < -0.4 is 15.8 Å². The molecule has 1 amide bonds. The van der Waals surface area contributed by atoms with Gasteiger partial charge in [0, 0.05) is 18.3 Å². The van der Waals surface area contributed by atoms with Crippen molar-refractivity contribution in [3.8, 4) is 5.75 Å². The number of hydrogen-bond acceptors (Lipinski definition) is 5. The van der Waals surface area contributed by atoms with E-state index in [9.17, 15) is 9.59 Å². The molecule has 0 atom stereocenters. The Kier molecular flexibility index (Phi) is 4.45. The lowest BCUT2D eigenvalue weighted by molar-refractivity contribution is -0.124. The van der Waals surface area contributed by atoms with E-state index < -0.39 is 5.97 Å². The van der Waals surface area contributed by atoms with E-state index in [0.717, 1.165) is 12.8 Å². The monoisotopic (exact) mass is 278 g/mol. The fraction of sp³-hybridized carbons (Fsp3) is 0.429. The Balaban J connectivity index is 1.85. The zero-order valence-corrected chi connectivity index (χ0v) is 11.3. The number of methoxy groups -OCH3 is 1. The molecule has 1 aromatic rings. The van der Waals surface area contributed by atoms with E-state index in [-0.39, 0.29) is 18.1 Å². The second-order valence-corrected chi connectivity index (χ2v) is 4.78. The minimum absolute atomic E-state index is 0.247. The molecule has 1 saturated carbocycles. The SMILES string of the molecule is COc1cc(N)ccc1C(=O)OCC(=O)NCC1CC1. The van der Waals surface area contributed by atoms with Crippen LogP contribution in [0.25, 0.3) is 0 Å². The van der Waals surface area contributed by atoms with Gasteiger partial charge in [0.2, 0.25) is 0 Å². The highest BCUT2D eigenvalue weighted by Gasteiger charge is 2.22. The summed E-state index contributed by atoms with van der Waals surface area (Å²) in [5.41, 5.74) is 6.34. The Labute approximate surface area is 117 Å². The molecular formula is C14H18N2O4. The third-order valence-electron chi connectivity index (χ3n) is 3.06. The summed E-state index contributed by atoms with van der Waals surface area (Å²) in [4.78, 5) is 23.3. The molecule has 1 aliphatic rings. The van der Waals surface area contributed by atoms with E-state index >= 15 is 0 Å². The number of esters is 1. The van der Waals surface area contributed by atoms with Gasteiger partial charge < -0.3 is 20.5 Å². The highest BCUT2D eigenvalue weighted by atomic mass is 16.5. The quantitative estimate of drug-likeness (QED) is 0.597. The first kappa shape index (κ1) is 14.2. The molecule has 0 spiro atoms. The van der Waals surface area contributed by atoms with Gasteiger partial charge >= 0.3 is 5.97 Å². The first-order valence-electron chi connectivity index (χ1n) is 6.47. The molecule has 6 heteroatoms. The second-order valence-electron chi connectivity index (χ2n) is 4.78. The molecule has 1 fully saturated rings. The lowest BCUT2D eigenvalue weighted by atomic mass is 10.2. The standard InChI is InChI=1S/C14H18N2O4/c1-19-12-6-10(15)4-5-11(12)14(18)20-8-13(17)16-7-9-2-3-9/h4-6,9H,2-3,7-8,15H2,1H3,(H,16,17). The van der Waals surface area contributed by atoms with Crippen LogP contribution in [0.4, 0.5) is 5.69 Å². The second kappa shape index (κ2) is 6.27. The van der Waals surface area contributed by atoms with Crippen LogP contribution >= 0.6 is 0 Å². The Hall–Kier alpha value is -2.24. The molecule has 0 bridgehead atoms. The van der Waals surface area contributed by atoms with Crippen molar-refractivity contribution in [2.45, 2.75) is 12.8 Å². The highest BCUT2D eigenvalue weighted by molar-refractivity contribution is 5.94. The Bertz CT molecular complexity index is 512. The average molecular weight is 278 g/mol. The van der Waals surface area contributed by atoms with Crippen LogP contribution in [0.1, 0.15) is 23.2 Å². The van der Waals surface area contributed by atoms with Crippen molar-refractivity contribution in [1.29, 1.82) is 0 Å². The maximum absolute atomic E-state index is 11.9. The van der Waals surface area contributed by atoms with Gasteiger partial charge in [-0.25, -0.2) is 4.79 Å². The zero-order chi connectivity index (χ0) is 14.5. The van der Waals surface area contributed by atoms with Crippen LogP contribution in [0.5, 0.6) is 5.75 Å². The van der Waals surface area contributed by atoms with Gasteiger partial charge in [0.05, 0.1) is 7.11 Å². The third-order valence-corrected chi connectivity index (χ3v) is 3.06.